The molecule has 0 nitrogen and oxygen atoms in total. The Kier molecular flexibility index (Phi) is 12.5. The van der Waals surface area contributed by atoms with Gasteiger partial charge in [-0.15, -0.1) is 0 Å². The number of hydrogen-bond acceptors (Lipinski definition) is 2. The summed E-state index contributed by atoms with van der Waals surface area (Å²) in [7, 11) is 0. The molecule has 0 saturated heterocycles. The number of hydrogen-bond donors (Lipinski definition) is 0. The van der Waals surface area contributed by atoms with Gasteiger partial charge in [-0.3, -0.25) is 0 Å². The Balaban J connectivity index is 2.69. The Hall–Kier alpha value is 1.22. The summed E-state index contributed by atoms with van der Waals surface area (Å²) in [5, 5.41) is 2.96. The normalized spacial score (nSPS) is 10.4. The molecular weight excluding hydrogens is 239 g/mol. The van der Waals surface area contributed by atoms with Gasteiger partial charge in [0.15, 0.2) is 0 Å². The van der Waals surface area contributed by atoms with E-state index in [4.69, 9.17) is 0 Å². The van der Waals surface area contributed by atoms with Crippen LogP contribution >= 0.6 is 23.5 Å². The average molecular weight is 257 g/mol. The van der Waals surface area contributed by atoms with Crippen LogP contribution < -0.4 is 0 Å². The van der Waals surface area contributed by atoms with E-state index in [1.807, 2.05) is 0 Å². The third-order valence-corrected chi connectivity index (χ3v) is 6.19. The molecule has 0 rings (SSSR count). The zero-order valence-corrected chi connectivity index (χ0v) is 10.8. The Labute approximate surface area is 85.8 Å². The van der Waals surface area contributed by atoms with E-state index in [1.165, 1.54) is 33.6 Å². The summed E-state index contributed by atoms with van der Waals surface area (Å²) in [6.07, 6.45) is 0. The number of thioether (sulfide) groups is 2. The molecule has 0 saturated carbocycles. The molecule has 0 radical (unpaired) electrons. The average Bonchev–Trinajstić information content (AvgIpc) is 2.03. The molecule has 0 bridgehead atoms. The van der Waals surface area contributed by atoms with Crippen LogP contribution in [-0.2, 0) is 0 Å². The number of rotatable bonds is 8. The fourth-order valence-corrected chi connectivity index (χ4v) is 5.07. The molecule has 0 aliphatic rings. The van der Waals surface area contributed by atoms with Crippen LogP contribution in [0, 0.1) is 0 Å². The van der Waals surface area contributed by atoms with Gasteiger partial charge in [-0.05, 0) is 0 Å². The topological polar surface area (TPSA) is 0 Å². The molecule has 0 aliphatic carbocycles. The van der Waals surface area contributed by atoms with E-state index >= 15 is 0 Å². The second-order valence-corrected chi connectivity index (χ2v) is 7.36. The molecule has 3 heteroatoms. The molecule has 0 fully saturated rings. The molecule has 11 heavy (non-hydrogen) atoms. The van der Waals surface area contributed by atoms with E-state index in [1.54, 1.807) is 0 Å². The van der Waals surface area contributed by atoms with E-state index in [0.29, 0.717) is 0 Å². The summed E-state index contributed by atoms with van der Waals surface area (Å²) >= 11 is 5.10. The van der Waals surface area contributed by atoms with Gasteiger partial charge >= 0.3 is 86.0 Å². The van der Waals surface area contributed by atoms with Gasteiger partial charge in [0.25, 0.3) is 0 Å². The summed E-state index contributed by atoms with van der Waals surface area (Å²) in [6, 6.07) is 0. The summed E-state index contributed by atoms with van der Waals surface area (Å²) in [4.78, 5) is 0. The van der Waals surface area contributed by atoms with Crippen molar-refractivity contribution in [3.63, 3.8) is 0 Å². The fourth-order valence-electron chi connectivity index (χ4n) is 0.626. The summed E-state index contributed by atoms with van der Waals surface area (Å²) in [6.45, 7) is 4.48. The maximum atomic E-state index is 2.24. The van der Waals surface area contributed by atoms with Crippen molar-refractivity contribution in [2.24, 2.45) is 0 Å². The van der Waals surface area contributed by atoms with E-state index in [-0.39, 0.29) is 0 Å². The molecule has 0 N–H and O–H groups in total. The molecule has 0 aromatic carbocycles. The van der Waals surface area contributed by atoms with Crippen LogP contribution in [0.1, 0.15) is 13.8 Å². The molecule has 0 aromatic heterocycles. The van der Waals surface area contributed by atoms with Gasteiger partial charge < -0.3 is 0 Å². The van der Waals surface area contributed by atoms with Crippen LogP contribution in [-0.4, -0.2) is 38.0 Å². The molecule has 0 aliphatic heterocycles. The van der Waals surface area contributed by atoms with Gasteiger partial charge in [-0.1, -0.05) is 0 Å². The van der Waals surface area contributed by atoms with Crippen LogP contribution in [0.4, 0.5) is 0 Å². The van der Waals surface area contributed by atoms with Crippen molar-refractivity contribution in [2.75, 3.05) is 23.0 Å². The van der Waals surface area contributed by atoms with Crippen molar-refractivity contribution in [1.82, 2.24) is 0 Å². The molecule has 0 unspecified atom stereocenters. The molecule has 0 spiro atoms. The van der Waals surface area contributed by atoms with Gasteiger partial charge in [0, 0.05) is 0 Å². The first kappa shape index (κ1) is 12.2. The Morgan fingerprint density at radius 1 is 0.909 bits per heavy atom. The minimum absolute atomic E-state index is 0.935. The van der Waals surface area contributed by atoms with Crippen molar-refractivity contribution in [2.45, 2.75) is 24.5 Å². The second-order valence-electron chi connectivity index (χ2n) is 2.01. The van der Waals surface area contributed by atoms with Gasteiger partial charge in [-0.2, -0.15) is 0 Å². The standard InChI is InChI=1S/C8H18S2Se/c1-3-9-5-7-11-8-6-10-4-2/h3-8H2,1-2H3. The van der Waals surface area contributed by atoms with Crippen molar-refractivity contribution >= 4 is 38.5 Å². The van der Waals surface area contributed by atoms with Crippen molar-refractivity contribution < 1.29 is 0 Å². The summed E-state index contributed by atoms with van der Waals surface area (Å²) in [5.41, 5.74) is 0. The van der Waals surface area contributed by atoms with E-state index < -0.39 is 0 Å². The van der Waals surface area contributed by atoms with Gasteiger partial charge in [0.1, 0.15) is 0 Å². The third kappa shape index (κ3) is 11.2. The zero-order valence-electron chi connectivity index (χ0n) is 7.47. The first-order valence-corrected chi connectivity index (χ1v) is 8.88. The van der Waals surface area contributed by atoms with Gasteiger partial charge in [-0.25, -0.2) is 0 Å². The van der Waals surface area contributed by atoms with Gasteiger partial charge in [0.05, 0.1) is 0 Å². The predicted molar refractivity (Wildman–Crippen MR) is 61.4 cm³/mol. The minimum atomic E-state index is 0.935. The van der Waals surface area contributed by atoms with Crippen molar-refractivity contribution in [1.29, 1.82) is 0 Å². The van der Waals surface area contributed by atoms with Crippen molar-refractivity contribution in [3.8, 4) is 0 Å². The van der Waals surface area contributed by atoms with Crippen LogP contribution in [0.25, 0.3) is 0 Å². The second kappa shape index (κ2) is 11.2. The molecule has 0 aromatic rings. The molecular formula is C8H18S2Se. The first-order valence-electron chi connectivity index (χ1n) is 4.15. The van der Waals surface area contributed by atoms with Crippen LogP contribution in [0.5, 0.6) is 0 Å². The van der Waals surface area contributed by atoms with E-state index in [0.717, 1.165) is 15.0 Å². The van der Waals surface area contributed by atoms with Crippen molar-refractivity contribution in [3.05, 3.63) is 0 Å². The van der Waals surface area contributed by atoms with Crippen LogP contribution in [0.2, 0.25) is 10.6 Å². The van der Waals surface area contributed by atoms with E-state index in [9.17, 15) is 0 Å². The quantitative estimate of drug-likeness (QED) is 0.484. The summed E-state index contributed by atoms with van der Waals surface area (Å²) < 4.78 is 0. The molecule has 0 atom stereocenters. The fraction of sp³-hybridized carbons (Fsp3) is 1.00. The summed E-state index contributed by atoms with van der Waals surface area (Å²) in [5.74, 6) is 5.38. The molecule has 0 heterocycles. The predicted octanol–water partition coefficient (Wildman–Crippen LogP) is 3.03. The molecule has 0 amide bonds. The third-order valence-electron chi connectivity index (χ3n) is 1.15. The zero-order chi connectivity index (χ0) is 8.36. The maximum absolute atomic E-state index is 2.24. The Morgan fingerprint density at radius 3 is 1.73 bits per heavy atom. The van der Waals surface area contributed by atoms with Crippen LogP contribution in [0.15, 0.2) is 0 Å². The monoisotopic (exact) mass is 258 g/mol. The Morgan fingerprint density at radius 2 is 1.36 bits per heavy atom. The molecule has 68 valence electrons. The van der Waals surface area contributed by atoms with Gasteiger partial charge in [0.2, 0.25) is 0 Å². The van der Waals surface area contributed by atoms with Crippen LogP contribution in [0.3, 0.4) is 0 Å². The van der Waals surface area contributed by atoms with E-state index in [2.05, 4.69) is 37.4 Å². The first-order chi connectivity index (χ1) is 5.41. The SMILES string of the molecule is CCSCC[Se]CCSCC. The Bertz CT molecular complexity index is 61.1.